The Bertz CT molecular complexity index is 538. The van der Waals surface area contributed by atoms with E-state index in [4.69, 9.17) is 0 Å². The molecule has 140 valence electrons. The van der Waals surface area contributed by atoms with Crippen LogP contribution in [-0.2, 0) is 11.2 Å². The first-order chi connectivity index (χ1) is 11.9. The maximum absolute atomic E-state index is 12.3. The lowest BCUT2D eigenvalue weighted by molar-refractivity contribution is -0.274. The van der Waals surface area contributed by atoms with E-state index in [1.165, 1.54) is 12.1 Å². The third kappa shape index (κ3) is 6.94. The van der Waals surface area contributed by atoms with Crippen LogP contribution in [0.15, 0.2) is 24.3 Å². The highest BCUT2D eigenvalue weighted by Crippen LogP contribution is 2.24. The molecule has 1 aromatic carbocycles. The summed E-state index contributed by atoms with van der Waals surface area (Å²) < 4.78 is 40.2. The van der Waals surface area contributed by atoms with Crippen molar-refractivity contribution >= 4 is 5.91 Å². The number of nitrogens with one attached hydrogen (secondary N) is 1. The van der Waals surface area contributed by atoms with E-state index in [2.05, 4.69) is 10.1 Å². The highest BCUT2D eigenvalue weighted by molar-refractivity contribution is 5.76. The van der Waals surface area contributed by atoms with Crippen LogP contribution in [0, 0.1) is 5.92 Å². The number of alkyl halides is 3. The molecule has 0 saturated carbocycles. The van der Waals surface area contributed by atoms with E-state index in [0.29, 0.717) is 18.8 Å². The second-order valence-electron chi connectivity index (χ2n) is 6.41. The van der Waals surface area contributed by atoms with E-state index in [9.17, 15) is 18.0 Å². The summed E-state index contributed by atoms with van der Waals surface area (Å²) >= 11 is 0. The Balaban J connectivity index is 1.73. The zero-order valence-electron chi connectivity index (χ0n) is 14.4. The molecule has 1 aromatic rings. The first-order valence-corrected chi connectivity index (χ1v) is 8.64. The number of hydrogen-bond acceptors (Lipinski definition) is 3. The van der Waals surface area contributed by atoms with Gasteiger partial charge in [-0.3, -0.25) is 4.79 Å². The topological polar surface area (TPSA) is 41.6 Å². The third-order valence-electron chi connectivity index (χ3n) is 4.55. The van der Waals surface area contributed by atoms with Crippen LogP contribution in [-0.4, -0.2) is 43.9 Å². The number of rotatable bonds is 7. The Morgan fingerprint density at radius 3 is 2.44 bits per heavy atom. The summed E-state index contributed by atoms with van der Waals surface area (Å²) in [5, 5.41) is 3.15. The molecule has 1 fully saturated rings. The minimum absolute atomic E-state index is 0.114. The predicted molar refractivity (Wildman–Crippen MR) is 89.3 cm³/mol. The fraction of sp³-hybridized carbons (Fsp3) is 0.611. The molecule has 1 heterocycles. The van der Waals surface area contributed by atoms with Gasteiger partial charge in [0, 0.05) is 19.5 Å². The number of carbonyl (C=O) groups excluding carboxylic acids is 1. The van der Waals surface area contributed by atoms with Crippen molar-refractivity contribution in [2.45, 2.75) is 38.5 Å². The van der Waals surface area contributed by atoms with Crippen molar-refractivity contribution in [2.24, 2.45) is 5.92 Å². The van der Waals surface area contributed by atoms with Gasteiger partial charge in [0.05, 0.1) is 0 Å². The van der Waals surface area contributed by atoms with Gasteiger partial charge in [-0.05, 0) is 62.9 Å². The molecule has 1 amide bonds. The van der Waals surface area contributed by atoms with Crippen molar-refractivity contribution in [3.05, 3.63) is 29.8 Å². The van der Waals surface area contributed by atoms with Crippen molar-refractivity contribution in [1.82, 2.24) is 10.2 Å². The molecule has 25 heavy (non-hydrogen) atoms. The molecule has 2 rings (SSSR count). The number of hydrogen-bond donors (Lipinski definition) is 1. The highest BCUT2D eigenvalue weighted by atomic mass is 19.4. The van der Waals surface area contributed by atoms with Gasteiger partial charge in [-0.25, -0.2) is 0 Å². The van der Waals surface area contributed by atoms with Crippen LogP contribution < -0.4 is 10.1 Å². The monoisotopic (exact) mass is 358 g/mol. The van der Waals surface area contributed by atoms with Crippen molar-refractivity contribution in [2.75, 3.05) is 26.7 Å². The van der Waals surface area contributed by atoms with Crippen LogP contribution >= 0.6 is 0 Å². The van der Waals surface area contributed by atoms with Gasteiger partial charge in [0.2, 0.25) is 5.91 Å². The average molecular weight is 358 g/mol. The average Bonchev–Trinajstić information content (AvgIpc) is 2.58. The lowest BCUT2D eigenvalue weighted by atomic mass is 9.93. The first-order valence-electron chi connectivity index (χ1n) is 8.64. The highest BCUT2D eigenvalue weighted by Gasteiger charge is 2.31. The fourth-order valence-electron chi connectivity index (χ4n) is 3.09. The summed E-state index contributed by atoms with van der Waals surface area (Å²) in [6.45, 7) is 2.60. The van der Waals surface area contributed by atoms with Gasteiger partial charge in [0.1, 0.15) is 5.75 Å². The molecule has 0 aromatic heterocycles. The Morgan fingerprint density at radius 2 is 1.88 bits per heavy atom. The number of ether oxygens (including phenoxy) is 1. The predicted octanol–water partition coefficient (Wildman–Crippen LogP) is 3.37. The molecule has 1 aliphatic heterocycles. The first kappa shape index (κ1) is 19.6. The molecular weight excluding hydrogens is 333 g/mol. The number of amides is 1. The Hall–Kier alpha value is -1.76. The molecule has 7 heteroatoms. The molecule has 0 aliphatic carbocycles. The van der Waals surface area contributed by atoms with Crippen LogP contribution in [0.1, 0.15) is 31.2 Å². The van der Waals surface area contributed by atoms with E-state index < -0.39 is 6.36 Å². The van der Waals surface area contributed by atoms with E-state index in [-0.39, 0.29) is 11.7 Å². The molecule has 0 radical (unpaired) electrons. The Kier molecular flexibility index (Phi) is 7.11. The second kappa shape index (κ2) is 9.08. The summed E-state index contributed by atoms with van der Waals surface area (Å²) in [6, 6.07) is 5.69. The molecule has 4 nitrogen and oxygen atoms in total. The number of likely N-dealkylation sites (tertiary alicyclic amines) is 1. The number of halogens is 3. The maximum atomic E-state index is 12.3. The van der Waals surface area contributed by atoms with Gasteiger partial charge >= 0.3 is 6.36 Å². The normalized spacial score (nSPS) is 16.1. The van der Waals surface area contributed by atoms with E-state index in [1.807, 2.05) is 11.9 Å². The SMILES string of the molecule is CNCCC1CCN(C(=O)CCc2ccc(OC(F)(F)F)cc2)CC1. The number of piperidine rings is 1. The fourth-order valence-corrected chi connectivity index (χ4v) is 3.09. The van der Waals surface area contributed by atoms with Crippen LogP contribution in [0.25, 0.3) is 0 Å². The Morgan fingerprint density at radius 1 is 1.24 bits per heavy atom. The quantitative estimate of drug-likeness (QED) is 0.813. The van der Waals surface area contributed by atoms with Crippen LogP contribution in [0.3, 0.4) is 0 Å². The molecular formula is C18H25F3N2O2. The van der Waals surface area contributed by atoms with Crippen LogP contribution in [0.5, 0.6) is 5.75 Å². The van der Waals surface area contributed by atoms with Crippen molar-refractivity contribution in [3.63, 3.8) is 0 Å². The van der Waals surface area contributed by atoms with Gasteiger partial charge < -0.3 is 15.0 Å². The largest absolute Gasteiger partial charge is 0.573 e. The zero-order chi connectivity index (χ0) is 18.3. The Labute approximate surface area is 146 Å². The van der Waals surface area contributed by atoms with E-state index >= 15 is 0 Å². The van der Waals surface area contributed by atoms with Crippen molar-refractivity contribution in [3.8, 4) is 5.75 Å². The number of nitrogens with zero attached hydrogens (tertiary/aromatic N) is 1. The molecule has 1 N–H and O–H groups in total. The summed E-state index contributed by atoms with van der Waals surface area (Å²) in [5.74, 6) is 0.548. The summed E-state index contributed by atoms with van der Waals surface area (Å²) in [5.41, 5.74) is 0.826. The van der Waals surface area contributed by atoms with Crippen LogP contribution in [0.4, 0.5) is 13.2 Å². The molecule has 1 aliphatic rings. The van der Waals surface area contributed by atoms with E-state index in [0.717, 1.165) is 44.5 Å². The minimum Gasteiger partial charge on any atom is -0.406 e. The zero-order valence-corrected chi connectivity index (χ0v) is 14.4. The van der Waals surface area contributed by atoms with Gasteiger partial charge in [-0.15, -0.1) is 13.2 Å². The molecule has 0 bridgehead atoms. The maximum Gasteiger partial charge on any atom is 0.573 e. The lowest BCUT2D eigenvalue weighted by Gasteiger charge is -2.32. The van der Waals surface area contributed by atoms with Crippen molar-refractivity contribution < 1.29 is 22.7 Å². The summed E-state index contributed by atoms with van der Waals surface area (Å²) in [6.07, 6.45) is -0.569. The third-order valence-corrected chi connectivity index (χ3v) is 4.55. The molecule has 0 unspecified atom stereocenters. The molecule has 1 saturated heterocycles. The van der Waals surface area contributed by atoms with Gasteiger partial charge in [0.25, 0.3) is 0 Å². The summed E-state index contributed by atoms with van der Waals surface area (Å²) in [4.78, 5) is 14.2. The second-order valence-corrected chi connectivity index (χ2v) is 6.41. The number of carbonyl (C=O) groups is 1. The number of aryl methyl sites for hydroxylation is 1. The van der Waals surface area contributed by atoms with Gasteiger partial charge in [-0.2, -0.15) is 0 Å². The van der Waals surface area contributed by atoms with Crippen LogP contribution in [0.2, 0.25) is 0 Å². The smallest absolute Gasteiger partial charge is 0.406 e. The molecule has 0 spiro atoms. The van der Waals surface area contributed by atoms with Gasteiger partial charge in [-0.1, -0.05) is 12.1 Å². The lowest BCUT2D eigenvalue weighted by Crippen LogP contribution is -2.39. The standard InChI is InChI=1S/C18H25F3N2O2/c1-22-11-8-15-9-12-23(13-10-15)17(24)7-4-14-2-5-16(6-3-14)25-18(19,20)21/h2-3,5-6,15,22H,4,7-13H2,1H3. The van der Waals surface area contributed by atoms with Gasteiger partial charge in [0.15, 0.2) is 0 Å². The molecule has 0 atom stereocenters. The summed E-state index contributed by atoms with van der Waals surface area (Å²) in [7, 11) is 1.94. The number of benzene rings is 1. The van der Waals surface area contributed by atoms with E-state index in [1.54, 1.807) is 12.1 Å². The van der Waals surface area contributed by atoms with Crippen molar-refractivity contribution in [1.29, 1.82) is 0 Å². The minimum atomic E-state index is -4.68.